The molecule has 0 spiro atoms. The zero-order valence-electron chi connectivity index (χ0n) is 26.9. The smallest absolute Gasteiger partial charge is 0.241 e. The molecule has 2 aromatic rings. The summed E-state index contributed by atoms with van der Waals surface area (Å²) in [6.07, 6.45) is 41.8. The molecule has 2 rings (SSSR count). The molecule has 2 nitrogen and oxygen atoms in total. The Morgan fingerprint density at radius 3 is 1.45 bits per heavy atom. The molecular weight excluding hydrogens is 484 g/mol. The zero-order valence-corrected chi connectivity index (χ0v) is 26.9. The summed E-state index contributed by atoms with van der Waals surface area (Å²) in [6, 6.07) is 11.9. The van der Waals surface area contributed by atoms with Crippen LogP contribution in [0.25, 0.3) is 0 Å². The van der Waals surface area contributed by atoms with Gasteiger partial charge >= 0.3 is 0 Å². The van der Waals surface area contributed by atoms with E-state index in [0.717, 1.165) is 0 Å². The predicted molar refractivity (Wildman–Crippen MR) is 176 cm³/mol. The predicted octanol–water partition coefficient (Wildman–Crippen LogP) is 12.1. The summed E-state index contributed by atoms with van der Waals surface area (Å²) < 4.78 is 2.49. The van der Waals surface area contributed by atoms with Gasteiger partial charge in [-0.1, -0.05) is 179 Å². The molecule has 2 heteroatoms. The van der Waals surface area contributed by atoms with E-state index in [4.69, 9.17) is 0 Å². The van der Waals surface area contributed by atoms with Crippen molar-refractivity contribution in [3.8, 4) is 0 Å². The summed E-state index contributed by atoms with van der Waals surface area (Å²) in [5, 5.41) is 0. The molecule has 0 bridgehead atoms. The Kier molecular flexibility index (Phi) is 21.8. The first kappa shape index (κ1) is 34.6. The van der Waals surface area contributed by atoms with E-state index in [-0.39, 0.29) is 0 Å². The lowest BCUT2D eigenvalue weighted by Gasteiger charge is -2.25. The summed E-state index contributed by atoms with van der Waals surface area (Å²) in [5.74, 6) is 0.713. The lowest BCUT2D eigenvalue weighted by Crippen LogP contribution is -2.42. The van der Waals surface area contributed by atoms with Gasteiger partial charge in [0.15, 0.2) is 0 Å². The molecule has 0 radical (unpaired) electrons. The van der Waals surface area contributed by atoms with Crippen LogP contribution in [-0.2, 0) is 6.42 Å². The quantitative estimate of drug-likeness (QED) is 0.0801. The lowest BCUT2D eigenvalue weighted by atomic mass is 9.84. The van der Waals surface area contributed by atoms with Gasteiger partial charge in [0, 0.05) is 5.92 Å². The van der Waals surface area contributed by atoms with E-state index < -0.39 is 0 Å². The standard InChI is InChI=1S/C38H66N2/c1-3-5-7-9-11-12-13-14-15-16-17-18-19-20-21-26-30-37(34-36-28-24-23-25-29-36)38(40-33-32-39-35-40)31-27-22-10-8-6-4-2/h23-25,28-29,32-33,35,37-38H,3-22,26-27,30-31,34H2,1-2H3/p+1. The number of imidazole rings is 1. The molecule has 0 aliphatic carbocycles. The van der Waals surface area contributed by atoms with Crippen LogP contribution in [0, 0.1) is 5.92 Å². The van der Waals surface area contributed by atoms with Crippen molar-refractivity contribution in [2.45, 2.75) is 180 Å². The van der Waals surface area contributed by atoms with Crippen LogP contribution in [-0.4, -0.2) is 4.98 Å². The van der Waals surface area contributed by atoms with Gasteiger partial charge in [0.2, 0.25) is 6.33 Å². The Labute approximate surface area is 250 Å². The minimum Gasteiger partial charge on any atom is -0.250 e. The molecule has 1 aromatic carbocycles. The minimum absolute atomic E-state index is 0.606. The van der Waals surface area contributed by atoms with Crippen LogP contribution in [0.15, 0.2) is 49.1 Å². The highest BCUT2D eigenvalue weighted by molar-refractivity contribution is 5.15. The van der Waals surface area contributed by atoms with Gasteiger partial charge in [-0.25, -0.2) is 4.57 Å². The number of benzene rings is 1. The van der Waals surface area contributed by atoms with Gasteiger partial charge in [0.1, 0.15) is 18.4 Å². The van der Waals surface area contributed by atoms with Crippen LogP contribution in [0.5, 0.6) is 0 Å². The van der Waals surface area contributed by atoms with Gasteiger partial charge in [0.05, 0.1) is 0 Å². The minimum atomic E-state index is 0.606. The maximum atomic E-state index is 3.33. The Bertz CT molecular complexity index is 753. The van der Waals surface area contributed by atoms with E-state index >= 15 is 0 Å². The van der Waals surface area contributed by atoms with Crippen molar-refractivity contribution >= 4 is 0 Å². The second-order valence-electron chi connectivity index (χ2n) is 12.7. The highest BCUT2D eigenvalue weighted by Crippen LogP contribution is 2.29. The summed E-state index contributed by atoms with van der Waals surface area (Å²) in [5.41, 5.74) is 1.51. The molecule has 0 aliphatic rings. The van der Waals surface area contributed by atoms with Gasteiger partial charge in [-0.3, -0.25) is 4.98 Å². The van der Waals surface area contributed by atoms with Crippen molar-refractivity contribution in [1.29, 1.82) is 0 Å². The highest BCUT2D eigenvalue weighted by atomic mass is 15.1. The number of nitrogens with zero attached hydrogens (tertiary/aromatic N) is 1. The number of hydrogen-bond donors (Lipinski definition) is 1. The fraction of sp³-hybridized carbons (Fsp3) is 0.763. The number of hydrogen-bond acceptors (Lipinski definition) is 0. The van der Waals surface area contributed by atoms with E-state index in [1.807, 2.05) is 0 Å². The molecule has 228 valence electrons. The summed E-state index contributed by atoms with van der Waals surface area (Å²) >= 11 is 0. The highest BCUT2D eigenvalue weighted by Gasteiger charge is 2.26. The average molecular weight is 552 g/mol. The molecule has 0 saturated carbocycles. The Balaban J connectivity index is 1.66. The maximum Gasteiger partial charge on any atom is 0.241 e. The van der Waals surface area contributed by atoms with E-state index in [9.17, 15) is 0 Å². The van der Waals surface area contributed by atoms with Gasteiger partial charge in [-0.05, 0) is 31.2 Å². The summed E-state index contributed by atoms with van der Waals surface area (Å²) in [6.45, 7) is 4.62. The third-order valence-corrected chi connectivity index (χ3v) is 9.12. The van der Waals surface area contributed by atoms with Crippen molar-refractivity contribution < 1.29 is 4.57 Å². The largest absolute Gasteiger partial charge is 0.250 e. The molecule has 0 fully saturated rings. The number of rotatable bonds is 28. The first-order valence-corrected chi connectivity index (χ1v) is 17.9. The van der Waals surface area contributed by atoms with E-state index in [0.29, 0.717) is 12.0 Å². The Hall–Kier alpha value is -1.57. The summed E-state index contributed by atoms with van der Waals surface area (Å²) in [4.78, 5) is 3.33. The van der Waals surface area contributed by atoms with Crippen LogP contribution in [0.3, 0.4) is 0 Å². The third kappa shape index (κ3) is 17.3. The molecule has 1 heterocycles. The van der Waals surface area contributed by atoms with Crippen LogP contribution >= 0.6 is 0 Å². The molecule has 0 aliphatic heterocycles. The number of aromatic nitrogens is 2. The maximum absolute atomic E-state index is 3.33. The first-order chi connectivity index (χ1) is 19.8. The zero-order chi connectivity index (χ0) is 28.4. The van der Waals surface area contributed by atoms with Gasteiger partial charge in [-0.2, -0.15) is 0 Å². The molecule has 0 amide bonds. The van der Waals surface area contributed by atoms with Crippen molar-refractivity contribution in [3.05, 3.63) is 54.6 Å². The lowest BCUT2D eigenvalue weighted by molar-refractivity contribution is -0.730. The normalized spacial score (nSPS) is 13.1. The molecule has 2 unspecified atom stereocenters. The van der Waals surface area contributed by atoms with E-state index in [1.165, 1.54) is 166 Å². The number of aromatic amines is 1. The van der Waals surface area contributed by atoms with Gasteiger partial charge in [-0.15, -0.1) is 0 Å². The average Bonchev–Trinajstić information content (AvgIpc) is 3.51. The SMILES string of the molecule is CCCCCCCCCCCCCCCCCCC(Cc1ccccc1)C(CCCCCCCC)[n+]1cc[nH]c1. The van der Waals surface area contributed by atoms with E-state index in [1.54, 1.807) is 0 Å². The molecule has 2 atom stereocenters. The number of unbranched alkanes of at least 4 members (excludes halogenated alkanes) is 20. The second kappa shape index (κ2) is 25.2. The monoisotopic (exact) mass is 552 g/mol. The van der Waals surface area contributed by atoms with Crippen LogP contribution in [0.2, 0.25) is 0 Å². The van der Waals surface area contributed by atoms with Crippen molar-refractivity contribution in [2.75, 3.05) is 0 Å². The Morgan fingerprint density at radius 2 is 1.00 bits per heavy atom. The molecule has 40 heavy (non-hydrogen) atoms. The number of H-pyrrole nitrogens is 1. The molecule has 1 N–H and O–H groups in total. The molecule has 1 aromatic heterocycles. The van der Waals surface area contributed by atoms with E-state index in [2.05, 4.69) is 72.5 Å². The van der Waals surface area contributed by atoms with Crippen molar-refractivity contribution in [2.24, 2.45) is 5.92 Å². The molecule has 0 saturated heterocycles. The third-order valence-electron chi connectivity index (χ3n) is 9.12. The number of nitrogens with one attached hydrogen (secondary N) is 1. The summed E-state index contributed by atoms with van der Waals surface area (Å²) in [7, 11) is 0. The van der Waals surface area contributed by atoms with Gasteiger partial charge in [0.25, 0.3) is 0 Å². The van der Waals surface area contributed by atoms with Crippen LogP contribution in [0.1, 0.15) is 180 Å². The first-order valence-electron chi connectivity index (χ1n) is 17.9. The van der Waals surface area contributed by atoms with Crippen molar-refractivity contribution in [1.82, 2.24) is 4.98 Å². The fourth-order valence-electron chi connectivity index (χ4n) is 6.57. The van der Waals surface area contributed by atoms with Gasteiger partial charge < -0.3 is 0 Å². The topological polar surface area (TPSA) is 19.7 Å². The van der Waals surface area contributed by atoms with Crippen molar-refractivity contribution in [3.63, 3.8) is 0 Å². The van der Waals surface area contributed by atoms with Crippen LogP contribution in [0.4, 0.5) is 0 Å². The Morgan fingerprint density at radius 1 is 0.550 bits per heavy atom. The fourth-order valence-corrected chi connectivity index (χ4v) is 6.57. The molecular formula is C38H67N2+. The second-order valence-corrected chi connectivity index (χ2v) is 12.7. The van der Waals surface area contributed by atoms with Crippen LogP contribution < -0.4 is 4.57 Å².